The maximum atomic E-state index is 5.88. The summed E-state index contributed by atoms with van der Waals surface area (Å²) in [7, 11) is 0. The number of aromatic amines is 1. The zero-order chi connectivity index (χ0) is 22.7. The van der Waals surface area contributed by atoms with E-state index in [2.05, 4.69) is 65.6 Å². The molecule has 1 heterocycles. The lowest BCUT2D eigenvalue weighted by Gasteiger charge is -2.57. The molecule has 4 aliphatic rings. The highest BCUT2D eigenvalue weighted by atomic mass is 14.7. The largest absolute Gasteiger partial charge is 0.354 e. The van der Waals surface area contributed by atoms with Gasteiger partial charge in [-0.05, 0) is 133 Å². The van der Waals surface area contributed by atoms with Gasteiger partial charge in [-0.25, -0.2) is 0 Å². The summed E-state index contributed by atoms with van der Waals surface area (Å²) in [6.45, 7) is 0.770. The molecular weight excluding hydrogens is 412 g/mol. The number of aromatic nitrogens is 1. The summed E-state index contributed by atoms with van der Waals surface area (Å²) in [4.78, 5) is 3.84. The van der Waals surface area contributed by atoms with E-state index in [1.54, 1.807) is 5.56 Å². The molecule has 3 N–H and O–H groups in total. The number of aryl methyl sites for hydroxylation is 1. The van der Waals surface area contributed by atoms with E-state index < -0.39 is 0 Å². The minimum absolute atomic E-state index is 0.442. The number of benzene rings is 3. The van der Waals surface area contributed by atoms with Crippen LogP contribution in [-0.4, -0.2) is 11.5 Å². The van der Waals surface area contributed by atoms with Gasteiger partial charge in [0.05, 0.1) is 0 Å². The van der Waals surface area contributed by atoms with Gasteiger partial charge >= 0.3 is 0 Å². The van der Waals surface area contributed by atoms with Crippen molar-refractivity contribution >= 4 is 21.7 Å². The van der Waals surface area contributed by atoms with Crippen LogP contribution in [0.25, 0.3) is 32.9 Å². The Balaban J connectivity index is 1.35. The fourth-order valence-corrected chi connectivity index (χ4v) is 8.34. The summed E-state index contributed by atoms with van der Waals surface area (Å²) in [5.74, 6) is 2.93. The minimum atomic E-state index is 0.442. The van der Waals surface area contributed by atoms with Crippen molar-refractivity contribution < 1.29 is 0 Å². The first-order chi connectivity index (χ1) is 16.7. The van der Waals surface area contributed by atoms with Crippen LogP contribution in [-0.2, 0) is 11.8 Å². The van der Waals surface area contributed by atoms with Gasteiger partial charge in [-0.1, -0.05) is 42.5 Å². The van der Waals surface area contributed by atoms with Crippen LogP contribution in [0, 0.1) is 17.8 Å². The van der Waals surface area contributed by atoms with Gasteiger partial charge in [0.15, 0.2) is 0 Å². The van der Waals surface area contributed by atoms with Crippen molar-refractivity contribution in [2.75, 3.05) is 6.54 Å². The fourth-order valence-electron chi connectivity index (χ4n) is 8.34. The van der Waals surface area contributed by atoms with Gasteiger partial charge in [-0.2, -0.15) is 0 Å². The number of fused-ring (bicyclic) bond motifs is 2. The minimum Gasteiger partial charge on any atom is -0.354 e. The SMILES string of the molecule is NCCCCc1c(-c2ccc3ccccc3c2)[nH]c2ccc(C34CC5CC(CC(C5)C3)C4)cc12. The van der Waals surface area contributed by atoms with Crippen LogP contribution in [0.3, 0.4) is 0 Å². The van der Waals surface area contributed by atoms with Crippen LogP contribution in [0.5, 0.6) is 0 Å². The summed E-state index contributed by atoms with van der Waals surface area (Å²) in [6, 6.07) is 23.0. The van der Waals surface area contributed by atoms with Crippen LogP contribution in [0.1, 0.15) is 62.5 Å². The highest BCUT2D eigenvalue weighted by Crippen LogP contribution is 2.61. The number of hydrogen-bond acceptors (Lipinski definition) is 1. The molecule has 2 heteroatoms. The third-order valence-electron chi connectivity index (χ3n) is 9.48. The van der Waals surface area contributed by atoms with Gasteiger partial charge < -0.3 is 10.7 Å². The van der Waals surface area contributed by atoms with E-state index in [1.807, 2.05) is 0 Å². The van der Waals surface area contributed by atoms with Crippen LogP contribution < -0.4 is 5.73 Å². The smallest absolute Gasteiger partial charge is 0.0497 e. The monoisotopic (exact) mass is 448 g/mol. The van der Waals surface area contributed by atoms with Crippen molar-refractivity contribution in [1.82, 2.24) is 4.98 Å². The van der Waals surface area contributed by atoms with Crippen LogP contribution in [0.15, 0.2) is 60.7 Å². The van der Waals surface area contributed by atoms with Crippen molar-refractivity contribution in [1.29, 1.82) is 0 Å². The third-order valence-corrected chi connectivity index (χ3v) is 9.48. The van der Waals surface area contributed by atoms with Gasteiger partial charge in [0.2, 0.25) is 0 Å². The molecule has 4 fully saturated rings. The highest BCUT2D eigenvalue weighted by Gasteiger charge is 2.51. The molecule has 1 aromatic heterocycles. The first-order valence-corrected chi connectivity index (χ1v) is 13.6. The Bertz CT molecular complexity index is 1320. The van der Waals surface area contributed by atoms with E-state index in [1.165, 1.54) is 77.0 Å². The Labute approximate surface area is 202 Å². The van der Waals surface area contributed by atoms with Crippen molar-refractivity contribution in [2.45, 2.75) is 63.2 Å². The van der Waals surface area contributed by atoms with E-state index in [9.17, 15) is 0 Å². The van der Waals surface area contributed by atoms with E-state index in [0.29, 0.717) is 5.41 Å². The molecule has 0 unspecified atom stereocenters. The molecule has 4 aliphatic carbocycles. The fraction of sp³-hybridized carbons (Fsp3) is 0.438. The van der Waals surface area contributed by atoms with E-state index in [-0.39, 0.29) is 0 Å². The van der Waals surface area contributed by atoms with Crippen LogP contribution in [0.4, 0.5) is 0 Å². The Hall–Kier alpha value is -2.58. The van der Waals surface area contributed by atoms with Gasteiger partial charge in [-0.15, -0.1) is 0 Å². The summed E-state index contributed by atoms with van der Waals surface area (Å²) in [5.41, 5.74) is 13.3. The average molecular weight is 449 g/mol. The van der Waals surface area contributed by atoms with Crippen molar-refractivity contribution in [3.63, 3.8) is 0 Å². The molecule has 0 amide bonds. The number of nitrogens with one attached hydrogen (secondary N) is 1. The highest BCUT2D eigenvalue weighted by molar-refractivity contribution is 5.94. The molecular formula is C32H36N2. The molecule has 34 heavy (non-hydrogen) atoms. The summed E-state index contributed by atoms with van der Waals surface area (Å²) < 4.78 is 0. The summed E-state index contributed by atoms with van der Waals surface area (Å²) >= 11 is 0. The molecule has 4 saturated carbocycles. The van der Waals surface area contributed by atoms with Crippen molar-refractivity contribution in [2.24, 2.45) is 23.5 Å². The Morgan fingerprint density at radius 3 is 2.26 bits per heavy atom. The molecule has 2 nitrogen and oxygen atoms in total. The van der Waals surface area contributed by atoms with Crippen LogP contribution >= 0.6 is 0 Å². The molecule has 0 radical (unpaired) electrons. The van der Waals surface area contributed by atoms with Gasteiger partial charge in [0.25, 0.3) is 0 Å². The van der Waals surface area contributed by atoms with Gasteiger partial charge in [0, 0.05) is 16.6 Å². The first kappa shape index (κ1) is 20.8. The van der Waals surface area contributed by atoms with Gasteiger partial charge in [-0.3, -0.25) is 0 Å². The molecule has 4 aromatic rings. The van der Waals surface area contributed by atoms with Crippen molar-refractivity contribution in [3.8, 4) is 11.3 Å². The van der Waals surface area contributed by atoms with Crippen molar-refractivity contribution in [3.05, 3.63) is 71.8 Å². The number of rotatable bonds is 6. The lowest BCUT2D eigenvalue weighted by molar-refractivity contribution is -0.00513. The quantitative estimate of drug-likeness (QED) is 0.291. The maximum absolute atomic E-state index is 5.88. The summed E-state index contributed by atoms with van der Waals surface area (Å²) in [6.07, 6.45) is 12.1. The van der Waals surface area contributed by atoms with Crippen LogP contribution in [0.2, 0.25) is 0 Å². The molecule has 0 aliphatic heterocycles. The molecule has 3 aromatic carbocycles. The molecule has 0 atom stereocenters. The van der Waals surface area contributed by atoms with Gasteiger partial charge in [0.1, 0.15) is 0 Å². The first-order valence-electron chi connectivity index (χ1n) is 13.6. The predicted octanol–water partition coefficient (Wildman–Crippen LogP) is 7.74. The summed E-state index contributed by atoms with van der Waals surface area (Å²) in [5, 5.41) is 4.06. The number of unbranched alkanes of at least 4 members (excludes halogenated alkanes) is 1. The molecule has 174 valence electrons. The predicted molar refractivity (Wildman–Crippen MR) is 143 cm³/mol. The third kappa shape index (κ3) is 3.33. The number of hydrogen-bond donors (Lipinski definition) is 2. The second-order valence-electron chi connectivity index (χ2n) is 11.7. The molecule has 0 spiro atoms. The van der Waals surface area contributed by atoms with E-state index in [0.717, 1.165) is 43.6 Å². The zero-order valence-electron chi connectivity index (χ0n) is 20.2. The Morgan fingerprint density at radius 1 is 0.794 bits per heavy atom. The van der Waals surface area contributed by atoms with E-state index >= 15 is 0 Å². The zero-order valence-corrected chi connectivity index (χ0v) is 20.2. The lowest BCUT2D eigenvalue weighted by atomic mass is 9.48. The second-order valence-corrected chi connectivity index (χ2v) is 11.7. The van der Waals surface area contributed by atoms with E-state index in [4.69, 9.17) is 5.73 Å². The second kappa shape index (κ2) is 7.99. The molecule has 0 saturated heterocycles. The average Bonchev–Trinajstić information content (AvgIpc) is 3.21. The number of H-pyrrole nitrogens is 1. The Kier molecular flexibility index (Phi) is 4.88. The normalized spacial score (nSPS) is 27.7. The number of nitrogens with two attached hydrogens (primary N) is 1. The Morgan fingerprint density at radius 2 is 1.53 bits per heavy atom. The molecule has 4 bridgehead atoms. The topological polar surface area (TPSA) is 41.8 Å². The standard InChI is InChI=1S/C32H36N2/c33-12-4-3-7-28-29-17-27(32-18-21-13-22(19-32)15-23(14-21)20-32)10-11-30(29)34-31(28)26-9-8-24-5-1-2-6-25(24)16-26/h1-2,5-6,8-11,16-17,21-23,34H,3-4,7,12-15,18-20,33H2. The lowest BCUT2D eigenvalue weighted by Crippen LogP contribution is -2.48. The molecule has 8 rings (SSSR count). The maximum Gasteiger partial charge on any atom is 0.0497 e.